The fourth-order valence-corrected chi connectivity index (χ4v) is 3.25. The quantitative estimate of drug-likeness (QED) is 0.759. The van der Waals surface area contributed by atoms with E-state index in [1.807, 2.05) is 31.2 Å². The Hall–Kier alpha value is -1.81. The average Bonchev–Trinajstić information content (AvgIpc) is 2.43. The molecule has 1 fully saturated rings. The second-order valence-corrected chi connectivity index (χ2v) is 6.70. The smallest absolute Gasteiger partial charge is 0.255 e. The van der Waals surface area contributed by atoms with Gasteiger partial charge in [-0.05, 0) is 77.0 Å². The van der Waals surface area contributed by atoms with E-state index < -0.39 is 0 Å². The van der Waals surface area contributed by atoms with Crippen LogP contribution in [-0.4, -0.2) is 11.0 Å². The molecular formula is C18H18BrNO2. The number of aromatic hydroxyl groups is 1. The Kier molecular flexibility index (Phi) is 4.21. The first kappa shape index (κ1) is 15.1. The number of phenolic OH excluding ortho intramolecular Hbond substituents is 1. The normalized spacial score (nSPS) is 14.5. The summed E-state index contributed by atoms with van der Waals surface area (Å²) < 4.78 is 0.572. The number of nitrogens with one attached hydrogen (secondary N) is 1. The van der Waals surface area contributed by atoms with Crippen LogP contribution in [0, 0.1) is 6.92 Å². The predicted molar refractivity (Wildman–Crippen MR) is 91.5 cm³/mol. The van der Waals surface area contributed by atoms with E-state index in [1.54, 1.807) is 12.1 Å². The lowest BCUT2D eigenvalue weighted by Crippen LogP contribution is -2.13. The molecule has 0 radical (unpaired) electrons. The number of carbonyl (C=O) groups excluding carboxylic acids is 1. The van der Waals surface area contributed by atoms with Crippen LogP contribution in [0.5, 0.6) is 5.75 Å². The van der Waals surface area contributed by atoms with Gasteiger partial charge in [-0.15, -0.1) is 0 Å². The maximum atomic E-state index is 12.3. The molecule has 0 aromatic heterocycles. The minimum absolute atomic E-state index is 0.0463. The number of anilines is 1. The number of hydrogen-bond acceptors (Lipinski definition) is 2. The molecule has 2 aromatic rings. The lowest BCUT2D eigenvalue weighted by atomic mass is 9.80. The highest BCUT2D eigenvalue weighted by Gasteiger charge is 2.19. The van der Waals surface area contributed by atoms with Crippen molar-refractivity contribution < 1.29 is 9.90 Å². The molecule has 1 aliphatic rings. The van der Waals surface area contributed by atoms with Gasteiger partial charge in [-0.2, -0.15) is 0 Å². The molecule has 3 nitrogen and oxygen atoms in total. The number of carbonyl (C=O) groups is 1. The predicted octanol–water partition coefficient (Wildman–Crippen LogP) is 4.98. The minimum Gasteiger partial charge on any atom is -0.505 e. The van der Waals surface area contributed by atoms with Gasteiger partial charge in [-0.3, -0.25) is 4.79 Å². The Morgan fingerprint density at radius 1 is 1.23 bits per heavy atom. The second kappa shape index (κ2) is 6.13. The SMILES string of the molecule is Cc1cc(Br)c(O)c(NC(=O)c2ccc(C3CCC3)cc2)c1. The molecule has 0 spiro atoms. The molecule has 1 saturated carbocycles. The lowest BCUT2D eigenvalue weighted by molar-refractivity contribution is 0.102. The van der Waals surface area contributed by atoms with Crippen LogP contribution < -0.4 is 5.32 Å². The molecule has 2 N–H and O–H groups in total. The van der Waals surface area contributed by atoms with Crippen LogP contribution in [0.2, 0.25) is 0 Å². The molecule has 0 aliphatic heterocycles. The van der Waals surface area contributed by atoms with Gasteiger partial charge in [0.15, 0.2) is 5.75 Å². The summed E-state index contributed by atoms with van der Waals surface area (Å²) in [5, 5.41) is 12.8. The first-order valence-electron chi connectivity index (χ1n) is 7.45. The molecule has 0 atom stereocenters. The molecule has 0 heterocycles. The van der Waals surface area contributed by atoms with Gasteiger partial charge >= 0.3 is 0 Å². The molecule has 1 amide bonds. The maximum Gasteiger partial charge on any atom is 0.255 e. The second-order valence-electron chi connectivity index (χ2n) is 5.85. The Morgan fingerprint density at radius 2 is 1.91 bits per heavy atom. The topological polar surface area (TPSA) is 49.3 Å². The van der Waals surface area contributed by atoms with E-state index in [4.69, 9.17) is 0 Å². The molecule has 114 valence electrons. The number of hydrogen-bond donors (Lipinski definition) is 2. The number of aryl methyl sites for hydroxylation is 1. The third-order valence-corrected chi connectivity index (χ3v) is 4.81. The van der Waals surface area contributed by atoms with Crippen molar-refractivity contribution in [1.29, 1.82) is 0 Å². The van der Waals surface area contributed by atoms with Crippen molar-refractivity contribution >= 4 is 27.5 Å². The highest BCUT2D eigenvalue weighted by molar-refractivity contribution is 9.10. The number of amides is 1. The molecule has 2 aromatic carbocycles. The summed E-state index contributed by atoms with van der Waals surface area (Å²) in [6.07, 6.45) is 3.79. The van der Waals surface area contributed by atoms with Gasteiger partial charge in [0.05, 0.1) is 10.2 Å². The van der Waals surface area contributed by atoms with Crippen LogP contribution in [-0.2, 0) is 0 Å². The van der Waals surface area contributed by atoms with E-state index in [2.05, 4.69) is 21.2 Å². The molecule has 0 saturated heterocycles. The number of halogens is 1. The number of phenols is 1. The van der Waals surface area contributed by atoms with Crippen LogP contribution >= 0.6 is 15.9 Å². The van der Waals surface area contributed by atoms with E-state index >= 15 is 0 Å². The molecule has 3 rings (SSSR count). The molecule has 4 heteroatoms. The summed E-state index contributed by atoms with van der Waals surface area (Å²) in [6, 6.07) is 11.3. The average molecular weight is 360 g/mol. The number of rotatable bonds is 3. The zero-order valence-electron chi connectivity index (χ0n) is 12.4. The van der Waals surface area contributed by atoms with Crippen LogP contribution in [0.1, 0.15) is 46.7 Å². The summed E-state index contributed by atoms with van der Waals surface area (Å²) >= 11 is 3.28. The van der Waals surface area contributed by atoms with Gasteiger partial charge < -0.3 is 10.4 Å². The van der Waals surface area contributed by atoms with Crippen molar-refractivity contribution in [3.05, 3.63) is 57.6 Å². The first-order valence-corrected chi connectivity index (χ1v) is 8.24. The largest absolute Gasteiger partial charge is 0.505 e. The Labute approximate surface area is 138 Å². The summed E-state index contributed by atoms with van der Waals surface area (Å²) in [6.45, 7) is 1.91. The van der Waals surface area contributed by atoms with Gasteiger partial charge in [-0.25, -0.2) is 0 Å². The lowest BCUT2D eigenvalue weighted by Gasteiger charge is -2.25. The highest BCUT2D eigenvalue weighted by atomic mass is 79.9. The van der Waals surface area contributed by atoms with Gasteiger partial charge in [0.2, 0.25) is 0 Å². The summed E-state index contributed by atoms with van der Waals surface area (Å²) in [4.78, 5) is 12.3. The maximum absolute atomic E-state index is 12.3. The minimum atomic E-state index is -0.215. The Morgan fingerprint density at radius 3 is 2.50 bits per heavy atom. The third kappa shape index (κ3) is 3.02. The van der Waals surface area contributed by atoms with Crippen molar-refractivity contribution in [2.75, 3.05) is 5.32 Å². The van der Waals surface area contributed by atoms with Crippen molar-refractivity contribution in [2.24, 2.45) is 0 Å². The van der Waals surface area contributed by atoms with Crippen molar-refractivity contribution in [3.8, 4) is 5.75 Å². The molecule has 22 heavy (non-hydrogen) atoms. The zero-order chi connectivity index (χ0) is 15.7. The van der Waals surface area contributed by atoms with Crippen molar-refractivity contribution in [2.45, 2.75) is 32.1 Å². The number of benzene rings is 2. The van der Waals surface area contributed by atoms with E-state index in [-0.39, 0.29) is 11.7 Å². The van der Waals surface area contributed by atoms with Crippen LogP contribution in [0.25, 0.3) is 0 Å². The van der Waals surface area contributed by atoms with E-state index in [9.17, 15) is 9.90 Å². The fourth-order valence-electron chi connectivity index (χ4n) is 2.67. The van der Waals surface area contributed by atoms with E-state index in [0.29, 0.717) is 21.6 Å². The molecule has 0 unspecified atom stereocenters. The summed E-state index contributed by atoms with van der Waals surface area (Å²) in [5.74, 6) is 0.492. The zero-order valence-corrected chi connectivity index (χ0v) is 14.0. The van der Waals surface area contributed by atoms with Crippen molar-refractivity contribution in [1.82, 2.24) is 0 Å². The van der Waals surface area contributed by atoms with Gasteiger partial charge in [0.25, 0.3) is 5.91 Å². The van der Waals surface area contributed by atoms with Gasteiger partial charge in [-0.1, -0.05) is 18.6 Å². The Balaban J connectivity index is 1.76. The van der Waals surface area contributed by atoms with Crippen LogP contribution in [0.15, 0.2) is 40.9 Å². The van der Waals surface area contributed by atoms with Crippen LogP contribution in [0.4, 0.5) is 5.69 Å². The van der Waals surface area contributed by atoms with Gasteiger partial charge in [0.1, 0.15) is 0 Å². The molecular weight excluding hydrogens is 342 g/mol. The highest BCUT2D eigenvalue weighted by Crippen LogP contribution is 2.36. The standard InChI is InChI=1S/C18H18BrNO2/c1-11-9-15(19)17(21)16(10-11)20-18(22)14-7-5-13(6-8-14)12-3-2-4-12/h5-10,12,21H,2-4H2,1H3,(H,20,22). The van der Waals surface area contributed by atoms with Gasteiger partial charge in [0, 0.05) is 5.56 Å². The van der Waals surface area contributed by atoms with E-state index in [1.165, 1.54) is 24.8 Å². The van der Waals surface area contributed by atoms with Crippen LogP contribution in [0.3, 0.4) is 0 Å². The third-order valence-electron chi connectivity index (χ3n) is 4.21. The summed E-state index contributed by atoms with van der Waals surface area (Å²) in [5.41, 5.74) is 3.28. The van der Waals surface area contributed by atoms with Crippen molar-refractivity contribution in [3.63, 3.8) is 0 Å². The van der Waals surface area contributed by atoms with E-state index in [0.717, 1.165) is 5.56 Å². The first-order chi connectivity index (χ1) is 10.5. The fraction of sp³-hybridized carbons (Fsp3) is 0.278. The summed E-state index contributed by atoms with van der Waals surface area (Å²) in [7, 11) is 0. The molecule has 0 bridgehead atoms. The monoisotopic (exact) mass is 359 g/mol. The molecule has 1 aliphatic carbocycles. The Bertz CT molecular complexity index is 706.